The number of halogens is 1. The summed E-state index contributed by atoms with van der Waals surface area (Å²) in [5.74, 6) is -0.510. The molecule has 0 radical (unpaired) electrons. The molecule has 0 saturated heterocycles. The van der Waals surface area contributed by atoms with Crippen molar-refractivity contribution in [3.05, 3.63) is 65.3 Å². The second-order valence-corrected chi connectivity index (χ2v) is 7.42. The van der Waals surface area contributed by atoms with Crippen molar-refractivity contribution in [2.75, 3.05) is 11.9 Å². The summed E-state index contributed by atoms with van der Waals surface area (Å²) in [6.07, 6.45) is 0.157. The lowest BCUT2D eigenvalue weighted by Gasteiger charge is -2.16. The summed E-state index contributed by atoms with van der Waals surface area (Å²) < 4.78 is 23.2. The quantitative estimate of drug-likeness (QED) is 0.537. The number of rotatable bonds is 8. The van der Waals surface area contributed by atoms with Crippen LogP contribution in [-0.2, 0) is 20.7 Å². The van der Waals surface area contributed by atoms with E-state index in [1.165, 1.54) is 24.3 Å². The molecule has 0 unspecified atom stereocenters. The predicted molar refractivity (Wildman–Crippen MR) is 113 cm³/mol. The maximum atomic E-state index is 13.0. The molecule has 31 heavy (non-hydrogen) atoms. The molecule has 3 rings (SSSR count). The highest BCUT2D eigenvalue weighted by Gasteiger charge is 2.15. The number of aryl methyl sites for hydroxylation is 2. The fraction of sp³-hybridized carbons (Fsp3) is 0.304. The Morgan fingerprint density at radius 2 is 1.90 bits per heavy atom. The highest BCUT2D eigenvalue weighted by atomic mass is 19.1. The normalized spacial score (nSPS) is 10.9. The number of amides is 1. The van der Waals surface area contributed by atoms with Gasteiger partial charge in [-0.2, -0.15) is 4.98 Å². The summed E-state index contributed by atoms with van der Waals surface area (Å²) in [5.41, 5.74) is 3.32. The number of aromatic nitrogens is 2. The molecule has 1 heterocycles. The molecule has 0 spiro atoms. The Balaban J connectivity index is 1.48. The van der Waals surface area contributed by atoms with E-state index in [0.29, 0.717) is 11.4 Å². The van der Waals surface area contributed by atoms with Gasteiger partial charge in [-0.3, -0.25) is 9.59 Å². The molecule has 162 valence electrons. The lowest BCUT2D eigenvalue weighted by molar-refractivity contribution is -0.147. The SMILES string of the molecule is Cc1cccc(C(C)C)c1NC(=O)COC(=O)CCc1nc(-c2ccc(F)cc2)no1. The molecule has 1 amide bonds. The molecule has 0 fully saturated rings. The fourth-order valence-corrected chi connectivity index (χ4v) is 3.02. The molecule has 0 aliphatic rings. The summed E-state index contributed by atoms with van der Waals surface area (Å²) in [4.78, 5) is 28.4. The van der Waals surface area contributed by atoms with E-state index in [0.717, 1.165) is 16.8 Å². The first-order chi connectivity index (χ1) is 14.8. The number of hydrogen-bond acceptors (Lipinski definition) is 6. The molecule has 0 aliphatic heterocycles. The molecule has 0 saturated carbocycles. The first-order valence-corrected chi connectivity index (χ1v) is 9.97. The number of nitrogens with one attached hydrogen (secondary N) is 1. The number of carbonyl (C=O) groups excluding carboxylic acids is 2. The molecule has 2 aromatic carbocycles. The highest BCUT2D eigenvalue weighted by Crippen LogP contribution is 2.27. The zero-order valence-electron chi connectivity index (χ0n) is 17.6. The number of ether oxygens (including phenoxy) is 1. The number of anilines is 1. The Hall–Kier alpha value is -3.55. The van der Waals surface area contributed by atoms with E-state index >= 15 is 0 Å². The largest absolute Gasteiger partial charge is 0.456 e. The van der Waals surface area contributed by atoms with Crippen molar-refractivity contribution in [2.24, 2.45) is 0 Å². The zero-order valence-corrected chi connectivity index (χ0v) is 17.6. The second-order valence-electron chi connectivity index (χ2n) is 7.42. The van der Waals surface area contributed by atoms with Crippen LogP contribution in [0.1, 0.15) is 43.2 Å². The molecule has 0 bridgehead atoms. The first kappa shape index (κ1) is 22.1. The van der Waals surface area contributed by atoms with Gasteiger partial charge in [0, 0.05) is 17.7 Å². The van der Waals surface area contributed by atoms with Crippen LogP contribution in [0.5, 0.6) is 0 Å². The van der Waals surface area contributed by atoms with Gasteiger partial charge in [0.25, 0.3) is 5.91 Å². The van der Waals surface area contributed by atoms with Gasteiger partial charge >= 0.3 is 5.97 Å². The van der Waals surface area contributed by atoms with Crippen molar-refractivity contribution in [3.8, 4) is 11.4 Å². The molecular weight excluding hydrogens is 401 g/mol. The highest BCUT2D eigenvalue weighted by molar-refractivity contribution is 5.94. The minimum Gasteiger partial charge on any atom is -0.456 e. The number of nitrogens with zero attached hydrogens (tertiary/aromatic N) is 2. The number of para-hydroxylation sites is 1. The molecule has 8 heteroatoms. The van der Waals surface area contributed by atoms with Gasteiger partial charge in [0.2, 0.25) is 11.7 Å². The van der Waals surface area contributed by atoms with Gasteiger partial charge in [-0.15, -0.1) is 0 Å². The van der Waals surface area contributed by atoms with Gasteiger partial charge in [0.1, 0.15) is 5.82 Å². The number of hydrogen-bond donors (Lipinski definition) is 1. The van der Waals surface area contributed by atoms with Gasteiger partial charge in [0.15, 0.2) is 6.61 Å². The van der Waals surface area contributed by atoms with Crippen LogP contribution >= 0.6 is 0 Å². The van der Waals surface area contributed by atoms with Crippen molar-refractivity contribution in [3.63, 3.8) is 0 Å². The topological polar surface area (TPSA) is 94.3 Å². The van der Waals surface area contributed by atoms with Crippen molar-refractivity contribution >= 4 is 17.6 Å². The molecule has 0 aliphatic carbocycles. The lowest BCUT2D eigenvalue weighted by Crippen LogP contribution is -2.22. The van der Waals surface area contributed by atoms with Crippen LogP contribution in [0.2, 0.25) is 0 Å². The van der Waals surface area contributed by atoms with Gasteiger partial charge in [-0.05, 0) is 48.2 Å². The van der Waals surface area contributed by atoms with Crippen LogP contribution in [0.4, 0.5) is 10.1 Å². The minimum absolute atomic E-state index is 0.0139. The zero-order chi connectivity index (χ0) is 22.4. The smallest absolute Gasteiger partial charge is 0.306 e. The van der Waals surface area contributed by atoms with E-state index in [1.54, 1.807) is 0 Å². The van der Waals surface area contributed by atoms with E-state index in [9.17, 15) is 14.0 Å². The summed E-state index contributed by atoms with van der Waals surface area (Å²) in [6.45, 7) is 5.63. The van der Waals surface area contributed by atoms with Crippen molar-refractivity contribution in [2.45, 2.75) is 39.5 Å². The Morgan fingerprint density at radius 3 is 2.61 bits per heavy atom. The van der Waals surface area contributed by atoms with Crippen molar-refractivity contribution in [1.82, 2.24) is 10.1 Å². The summed E-state index contributed by atoms with van der Waals surface area (Å²) in [6, 6.07) is 11.5. The average Bonchev–Trinajstić information content (AvgIpc) is 3.21. The van der Waals surface area contributed by atoms with Crippen LogP contribution in [0.3, 0.4) is 0 Å². The fourth-order valence-electron chi connectivity index (χ4n) is 3.02. The first-order valence-electron chi connectivity index (χ1n) is 9.97. The second kappa shape index (κ2) is 9.97. The molecule has 0 atom stereocenters. The number of esters is 1. The van der Waals surface area contributed by atoms with E-state index < -0.39 is 11.9 Å². The minimum atomic E-state index is -0.550. The molecular formula is C23H24FN3O4. The van der Waals surface area contributed by atoms with Gasteiger partial charge in [-0.25, -0.2) is 4.39 Å². The maximum absolute atomic E-state index is 13.0. The standard InChI is InChI=1S/C23H24FN3O4/c1-14(2)18-6-4-5-15(3)22(18)25-19(28)13-30-21(29)12-11-20-26-23(27-31-20)16-7-9-17(24)10-8-16/h4-10,14H,11-13H2,1-3H3,(H,25,28). The van der Waals surface area contributed by atoms with Crippen LogP contribution in [-0.4, -0.2) is 28.6 Å². The van der Waals surface area contributed by atoms with Crippen LogP contribution in [0.25, 0.3) is 11.4 Å². The molecule has 1 N–H and O–H groups in total. The van der Waals surface area contributed by atoms with E-state index in [-0.39, 0.29) is 37.1 Å². The third-order valence-corrected chi connectivity index (χ3v) is 4.67. The maximum Gasteiger partial charge on any atom is 0.306 e. The third kappa shape index (κ3) is 5.97. The number of carbonyl (C=O) groups is 2. The van der Waals surface area contributed by atoms with E-state index in [2.05, 4.69) is 15.5 Å². The van der Waals surface area contributed by atoms with Gasteiger partial charge in [-0.1, -0.05) is 37.2 Å². The van der Waals surface area contributed by atoms with Gasteiger partial charge < -0.3 is 14.6 Å². The van der Waals surface area contributed by atoms with Crippen LogP contribution < -0.4 is 5.32 Å². The Kier molecular flexibility index (Phi) is 7.12. The van der Waals surface area contributed by atoms with Crippen molar-refractivity contribution in [1.29, 1.82) is 0 Å². The van der Waals surface area contributed by atoms with Crippen LogP contribution in [0.15, 0.2) is 47.0 Å². The molecule has 1 aromatic heterocycles. The summed E-state index contributed by atoms with van der Waals surface area (Å²) >= 11 is 0. The Bertz CT molecular complexity index is 1060. The average molecular weight is 425 g/mol. The molecule has 3 aromatic rings. The third-order valence-electron chi connectivity index (χ3n) is 4.67. The Morgan fingerprint density at radius 1 is 1.16 bits per heavy atom. The number of benzene rings is 2. The summed E-state index contributed by atoms with van der Waals surface area (Å²) in [5, 5.41) is 6.65. The van der Waals surface area contributed by atoms with Gasteiger partial charge in [0.05, 0.1) is 6.42 Å². The van der Waals surface area contributed by atoms with E-state index in [4.69, 9.17) is 9.26 Å². The Labute approximate surface area is 179 Å². The lowest BCUT2D eigenvalue weighted by atomic mass is 9.98. The summed E-state index contributed by atoms with van der Waals surface area (Å²) in [7, 11) is 0. The van der Waals surface area contributed by atoms with Crippen LogP contribution in [0, 0.1) is 12.7 Å². The predicted octanol–water partition coefficient (Wildman–Crippen LogP) is 4.42. The van der Waals surface area contributed by atoms with Crippen molar-refractivity contribution < 1.29 is 23.2 Å². The monoisotopic (exact) mass is 425 g/mol. The van der Waals surface area contributed by atoms with E-state index in [1.807, 2.05) is 39.0 Å². The molecule has 7 nitrogen and oxygen atoms in total.